The van der Waals surface area contributed by atoms with Gasteiger partial charge in [0.1, 0.15) is 5.69 Å². The molecule has 17 heavy (non-hydrogen) atoms. The van der Waals surface area contributed by atoms with Crippen molar-refractivity contribution in [2.75, 3.05) is 6.54 Å². The van der Waals surface area contributed by atoms with Crippen molar-refractivity contribution in [1.29, 1.82) is 0 Å². The quantitative estimate of drug-likeness (QED) is 0.858. The topological polar surface area (TPSA) is 68.0 Å². The van der Waals surface area contributed by atoms with E-state index in [1.165, 1.54) is 24.2 Å². The van der Waals surface area contributed by atoms with Gasteiger partial charge in [0.2, 0.25) is 0 Å². The molecule has 1 aromatic rings. The van der Waals surface area contributed by atoms with Gasteiger partial charge in [-0.15, -0.1) is 23.7 Å². The van der Waals surface area contributed by atoms with Crippen LogP contribution in [0.1, 0.15) is 35.3 Å². The Morgan fingerprint density at radius 3 is 3.00 bits per heavy atom. The van der Waals surface area contributed by atoms with Crippen LogP contribution < -0.4 is 11.1 Å². The molecule has 0 bridgehead atoms. The second kappa shape index (κ2) is 6.33. The number of nitrogens with two attached hydrogens (primary N) is 1. The number of amides is 1. The van der Waals surface area contributed by atoms with Gasteiger partial charge in [0, 0.05) is 17.8 Å². The molecule has 96 valence electrons. The first-order valence-electron chi connectivity index (χ1n) is 5.66. The summed E-state index contributed by atoms with van der Waals surface area (Å²) < 4.78 is 0. The Morgan fingerprint density at radius 1 is 1.71 bits per heavy atom. The van der Waals surface area contributed by atoms with Gasteiger partial charge >= 0.3 is 0 Å². The van der Waals surface area contributed by atoms with E-state index in [-0.39, 0.29) is 24.4 Å². The van der Waals surface area contributed by atoms with Gasteiger partial charge in [-0.3, -0.25) is 4.79 Å². The van der Waals surface area contributed by atoms with E-state index in [4.69, 9.17) is 5.73 Å². The predicted molar refractivity (Wildman–Crippen MR) is 71.8 cm³/mol. The van der Waals surface area contributed by atoms with Crippen LogP contribution in [0.3, 0.4) is 0 Å². The normalized spacial score (nSPS) is 16.1. The molecule has 1 fully saturated rings. The summed E-state index contributed by atoms with van der Waals surface area (Å²) in [5, 5.41) is 5.73. The first-order valence-corrected chi connectivity index (χ1v) is 6.54. The Balaban J connectivity index is 0.00000144. The van der Waals surface area contributed by atoms with Gasteiger partial charge < -0.3 is 11.1 Å². The van der Waals surface area contributed by atoms with Crippen LogP contribution in [-0.4, -0.2) is 23.5 Å². The van der Waals surface area contributed by atoms with Crippen LogP contribution in [0.5, 0.6) is 0 Å². The fraction of sp³-hybridized carbons (Fsp3) is 0.636. The minimum atomic E-state index is -0.0566. The molecule has 1 aliphatic carbocycles. The van der Waals surface area contributed by atoms with E-state index in [1.54, 1.807) is 5.38 Å². The van der Waals surface area contributed by atoms with Crippen LogP contribution in [0.2, 0.25) is 0 Å². The van der Waals surface area contributed by atoms with E-state index in [0.29, 0.717) is 18.2 Å². The number of halogens is 1. The first kappa shape index (κ1) is 14.4. The third kappa shape index (κ3) is 3.94. The number of hydrogen-bond donors (Lipinski definition) is 2. The molecule has 6 heteroatoms. The van der Waals surface area contributed by atoms with Crippen LogP contribution in [0.15, 0.2) is 5.38 Å². The number of carbonyl (C=O) groups excluding carboxylic acids is 1. The van der Waals surface area contributed by atoms with E-state index in [1.807, 2.05) is 0 Å². The fourth-order valence-electron chi connectivity index (χ4n) is 1.65. The van der Waals surface area contributed by atoms with Gasteiger partial charge in [0.05, 0.1) is 5.01 Å². The lowest BCUT2D eigenvalue weighted by atomic mass is 10.2. The molecule has 3 N–H and O–H groups in total. The lowest BCUT2D eigenvalue weighted by molar-refractivity contribution is 0.0931. The molecule has 0 aromatic carbocycles. The molecule has 0 radical (unpaired) electrons. The predicted octanol–water partition coefficient (Wildman–Crippen LogP) is 1.59. The van der Waals surface area contributed by atoms with Crippen molar-refractivity contribution in [2.24, 2.45) is 11.7 Å². The summed E-state index contributed by atoms with van der Waals surface area (Å²) in [6, 6.07) is 0.271. The summed E-state index contributed by atoms with van der Waals surface area (Å²) in [5.41, 5.74) is 5.97. The largest absolute Gasteiger partial charge is 0.348 e. The molecule has 1 aromatic heterocycles. The summed E-state index contributed by atoms with van der Waals surface area (Å²) in [5.74, 6) is 0.616. The summed E-state index contributed by atoms with van der Waals surface area (Å²) in [7, 11) is 0. The van der Waals surface area contributed by atoms with E-state index in [9.17, 15) is 4.79 Å². The Labute approximate surface area is 111 Å². The van der Waals surface area contributed by atoms with Crippen molar-refractivity contribution in [3.05, 3.63) is 16.1 Å². The van der Waals surface area contributed by atoms with Crippen LogP contribution in [0, 0.1) is 5.92 Å². The SMILES string of the molecule is CC(NC(=O)c1csc(CCN)n1)C1CC1.Cl. The standard InChI is InChI=1S/C11H17N3OS.ClH/c1-7(8-2-3-8)13-11(15)9-6-16-10(14-9)4-5-12;/h6-8H,2-5,12H2,1H3,(H,13,15);1H. The third-order valence-electron chi connectivity index (χ3n) is 2.83. The number of rotatable bonds is 5. The Kier molecular flexibility index (Phi) is 5.36. The van der Waals surface area contributed by atoms with Crippen molar-refractivity contribution in [3.63, 3.8) is 0 Å². The van der Waals surface area contributed by atoms with Gasteiger partial charge in [0.15, 0.2) is 0 Å². The van der Waals surface area contributed by atoms with Gasteiger partial charge in [0.25, 0.3) is 5.91 Å². The van der Waals surface area contributed by atoms with E-state index in [0.717, 1.165) is 11.4 Å². The minimum absolute atomic E-state index is 0. The van der Waals surface area contributed by atoms with Crippen LogP contribution in [0.25, 0.3) is 0 Å². The van der Waals surface area contributed by atoms with Crippen molar-refractivity contribution in [1.82, 2.24) is 10.3 Å². The highest BCUT2D eigenvalue weighted by molar-refractivity contribution is 7.09. The van der Waals surface area contributed by atoms with Crippen LogP contribution >= 0.6 is 23.7 Å². The maximum Gasteiger partial charge on any atom is 0.270 e. The zero-order valence-corrected chi connectivity index (χ0v) is 11.4. The average molecular weight is 276 g/mol. The van der Waals surface area contributed by atoms with Crippen LogP contribution in [-0.2, 0) is 6.42 Å². The molecule has 0 spiro atoms. The number of aromatic nitrogens is 1. The summed E-state index contributed by atoms with van der Waals surface area (Å²) in [4.78, 5) is 16.1. The molecule has 1 amide bonds. The molecule has 0 saturated heterocycles. The first-order chi connectivity index (χ1) is 7.70. The molecule has 1 saturated carbocycles. The van der Waals surface area contributed by atoms with E-state index < -0.39 is 0 Å². The molecule has 1 aliphatic rings. The zero-order valence-electron chi connectivity index (χ0n) is 9.81. The summed E-state index contributed by atoms with van der Waals surface area (Å²) in [6.45, 7) is 2.63. The van der Waals surface area contributed by atoms with Crippen molar-refractivity contribution < 1.29 is 4.79 Å². The monoisotopic (exact) mass is 275 g/mol. The lowest BCUT2D eigenvalue weighted by Gasteiger charge is -2.10. The van der Waals surface area contributed by atoms with Crippen molar-refractivity contribution in [2.45, 2.75) is 32.2 Å². The number of nitrogens with zero attached hydrogens (tertiary/aromatic N) is 1. The molecule has 1 heterocycles. The van der Waals surface area contributed by atoms with E-state index >= 15 is 0 Å². The van der Waals surface area contributed by atoms with Gasteiger partial charge in [-0.05, 0) is 32.2 Å². The summed E-state index contributed by atoms with van der Waals surface area (Å²) >= 11 is 1.50. The Bertz CT molecular complexity index is 379. The third-order valence-corrected chi connectivity index (χ3v) is 3.74. The van der Waals surface area contributed by atoms with E-state index in [2.05, 4.69) is 17.2 Å². The van der Waals surface area contributed by atoms with Gasteiger partial charge in [-0.1, -0.05) is 0 Å². The van der Waals surface area contributed by atoms with Gasteiger partial charge in [-0.25, -0.2) is 4.98 Å². The van der Waals surface area contributed by atoms with Crippen molar-refractivity contribution >= 4 is 29.7 Å². The molecule has 4 nitrogen and oxygen atoms in total. The highest BCUT2D eigenvalue weighted by Crippen LogP contribution is 2.32. The molecule has 1 unspecified atom stereocenters. The minimum Gasteiger partial charge on any atom is -0.348 e. The second-order valence-corrected chi connectivity index (χ2v) is 5.21. The highest BCUT2D eigenvalue weighted by atomic mass is 35.5. The number of thiazole rings is 1. The molecule has 2 rings (SSSR count). The molecular weight excluding hydrogens is 258 g/mol. The smallest absolute Gasteiger partial charge is 0.270 e. The maximum atomic E-state index is 11.8. The Hall–Kier alpha value is -0.650. The maximum absolute atomic E-state index is 11.8. The fourth-order valence-corrected chi connectivity index (χ4v) is 2.44. The highest BCUT2D eigenvalue weighted by Gasteiger charge is 2.29. The number of hydrogen-bond acceptors (Lipinski definition) is 4. The molecular formula is C11H18ClN3OS. The average Bonchev–Trinajstić information content (AvgIpc) is 3.00. The second-order valence-electron chi connectivity index (χ2n) is 4.26. The Morgan fingerprint density at radius 2 is 2.41 bits per heavy atom. The molecule has 1 atom stereocenters. The number of carbonyl (C=O) groups is 1. The van der Waals surface area contributed by atoms with Crippen molar-refractivity contribution in [3.8, 4) is 0 Å². The zero-order chi connectivity index (χ0) is 11.5. The van der Waals surface area contributed by atoms with Crippen LogP contribution in [0.4, 0.5) is 0 Å². The van der Waals surface area contributed by atoms with Gasteiger partial charge in [-0.2, -0.15) is 0 Å². The lowest BCUT2D eigenvalue weighted by Crippen LogP contribution is -2.34. The summed E-state index contributed by atoms with van der Waals surface area (Å²) in [6.07, 6.45) is 3.21. The molecule has 0 aliphatic heterocycles. The number of nitrogens with one attached hydrogen (secondary N) is 1.